The zero-order valence-electron chi connectivity index (χ0n) is 18.9. The number of hydrogen-bond donors (Lipinski definition) is 4. The molecule has 2 aromatic rings. The summed E-state index contributed by atoms with van der Waals surface area (Å²) in [6.07, 6.45) is -1.07. The van der Waals surface area contributed by atoms with Crippen LogP contribution in [0, 0.1) is 0 Å². The monoisotopic (exact) mass is 482 g/mol. The second-order valence-electron chi connectivity index (χ2n) is 8.77. The predicted octanol–water partition coefficient (Wildman–Crippen LogP) is 2.85. The van der Waals surface area contributed by atoms with Crippen LogP contribution in [0.2, 0.25) is 0 Å². The van der Waals surface area contributed by atoms with E-state index in [2.05, 4.69) is 31.0 Å². The number of fused-ring (bicyclic) bond motifs is 1. The molecule has 2 fully saturated rings. The van der Waals surface area contributed by atoms with E-state index in [4.69, 9.17) is 4.74 Å². The minimum Gasteiger partial charge on any atom is -0.450 e. The SMILES string of the molecule is CCOC(=O)NC1CCC(N2CC(NC(=O)CNc3n[nH]c4ccc(C(F)(F)F)cc34)C2)CC1. The van der Waals surface area contributed by atoms with Crippen LogP contribution in [0.4, 0.5) is 23.8 Å². The first kappa shape index (κ1) is 24.1. The number of aromatic nitrogens is 2. The van der Waals surface area contributed by atoms with E-state index in [1.807, 2.05) is 0 Å². The molecule has 186 valence electrons. The summed E-state index contributed by atoms with van der Waals surface area (Å²) in [6, 6.07) is 3.94. The van der Waals surface area contributed by atoms with Gasteiger partial charge in [-0.15, -0.1) is 0 Å². The first-order chi connectivity index (χ1) is 16.2. The van der Waals surface area contributed by atoms with Gasteiger partial charge in [0.2, 0.25) is 5.91 Å². The second-order valence-corrected chi connectivity index (χ2v) is 8.77. The smallest absolute Gasteiger partial charge is 0.416 e. The highest BCUT2D eigenvalue weighted by Gasteiger charge is 2.35. The molecule has 1 saturated heterocycles. The Morgan fingerprint density at radius 2 is 1.88 bits per heavy atom. The van der Waals surface area contributed by atoms with Crippen molar-refractivity contribution in [3.8, 4) is 0 Å². The third kappa shape index (κ3) is 5.72. The van der Waals surface area contributed by atoms with Gasteiger partial charge in [0.15, 0.2) is 5.82 Å². The molecule has 4 N–H and O–H groups in total. The van der Waals surface area contributed by atoms with Crippen molar-refractivity contribution in [1.82, 2.24) is 25.7 Å². The lowest BCUT2D eigenvalue weighted by molar-refractivity contribution is -0.137. The zero-order chi connectivity index (χ0) is 24.3. The summed E-state index contributed by atoms with van der Waals surface area (Å²) < 4.78 is 43.9. The van der Waals surface area contributed by atoms with E-state index in [1.165, 1.54) is 6.07 Å². The molecule has 4 rings (SSSR count). The fourth-order valence-electron chi connectivity index (χ4n) is 4.59. The van der Waals surface area contributed by atoms with Crippen molar-refractivity contribution in [2.45, 2.75) is 56.9 Å². The lowest BCUT2D eigenvalue weighted by Crippen LogP contribution is -2.63. The number of H-pyrrole nitrogens is 1. The molecule has 2 amide bonds. The Kier molecular flexibility index (Phi) is 7.15. The minimum absolute atomic E-state index is 0.0393. The highest BCUT2D eigenvalue weighted by atomic mass is 19.4. The van der Waals surface area contributed by atoms with Crippen molar-refractivity contribution >= 4 is 28.7 Å². The second kappa shape index (κ2) is 10.1. The number of halogens is 3. The molecule has 1 saturated carbocycles. The topological polar surface area (TPSA) is 111 Å². The van der Waals surface area contributed by atoms with Gasteiger partial charge in [-0.1, -0.05) is 0 Å². The Morgan fingerprint density at radius 3 is 2.56 bits per heavy atom. The van der Waals surface area contributed by atoms with Crippen molar-refractivity contribution in [3.63, 3.8) is 0 Å². The number of carbonyl (C=O) groups is 2. The summed E-state index contributed by atoms with van der Waals surface area (Å²) >= 11 is 0. The molecule has 2 heterocycles. The van der Waals surface area contributed by atoms with Crippen LogP contribution in [-0.2, 0) is 15.7 Å². The third-order valence-electron chi connectivity index (χ3n) is 6.39. The van der Waals surface area contributed by atoms with E-state index in [0.29, 0.717) is 18.2 Å². The molecule has 1 aromatic carbocycles. The van der Waals surface area contributed by atoms with Gasteiger partial charge in [0.25, 0.3) is 0 Å². The first-order valence-corrected chi connectivity index (χ1v) is 11.5. The molecule has 0 radical (unpaired) electrons. The lowest BCUT2D eigenvalue weighted by Gasteiger charge is -2.46. The van der Waals surface area contributed by atoms with Crippen LogP contribution in [0.5, 0.6) is 0 Å². The molecule has 34 heavy (non-hydrogen) atoms. The van der Waals surface area contributed by atoms with Crippen molar-refractivity contribution in [3.05, 3.63) is 23.8 Å². The summed E-state index contributed by atoms with van der Waals surface area (Å²) in [5, 5.41) is 15.6. The molecule has 9 nitrogen and oxygen atoms in total. The number of alkyl carbamates (subject to hydrolysis) is 1. The average molecular weight is 483 g/mol. The van der Waals surface area contributed by atoms with Gasteiger partial charge in [0.1, 0.15) is 0 Å². The lowest BCUT2D eigenvalue weighted by atomic mass is 9.88. The number of carbonyl (C=O) groups excluding carboxylic acids is 2. The van der Waals surface area contributed by atoms with Crippen molar-refractivity contribution in [1.29, 1.82) is 0 Å². The molecule has 0 unspecified atom stereocenters. The standard InChI is InChI=1S/C22H29F3N6O3/c1-2-34-21(33)28-14-4-6-16(7-5-14)31-11-15(12-31)27-19(32)10-26-20-17-9-13(22(23,24)25)3-8-18(17)29-30-20/h3,8-9,14-16H,2,4-7,10-12H2,1H3,(H,27,32)(H,28,33)(H2,26,29,30). The van der Waals surface area contributed by atoms with Gasteiger partial charge < -0.3 is 20.7 Å². The van der Waals surface area contributed by atoms with E-state index >= 15 is 0 Å². The summed E-state index contributed by atoms with van der Waals surface area (Å²) in [4.78, 5) is 26.2. The quantitative estimate of drug-likeness (QED) is 0.483. The van der Waals surface area contributed by atoms with Gasteiger partial charge >= 0.3 is 12.3 Å². The van der Waals surface area contributed by atoms with Crippen molar-refractivity contribution in [2.75, 3.05) is 31.6 Å². The fraction of sp³-hybridized carbons (Fsp3) is 0.591. The Labute approximate surface area is 194 Å². The highest BCUT2D eigenvalue weighted by Crippen LogP contribution is 2.33. The molecule has 0 atom stereocenters. The fourth-order valence-corrected chi connectivity index (χ4v) is 4.59. The van der Waals surface area contributed by atoms with Gasteiger partial charge in [-0.05, 0) is 50.8 Å². The summed E-state index contributed by atoms with van der Waals surface area (Å²) in [7, 11) is 0. The number of aromatic amines is 1. The number of nitrogens with zero attached hydrogens (tertiary/aromatic N) is 2. The maximum absolute atomic E-state index is 13.0. The van der Waals surface area contributed by atoms with E-state index in [0.717, 1.165) is 50.9 Å². The number of rotatable bonds is 7. The highest BCUT2D eigenvalue weighted by molar-refractivity contribution is 5.92. The zero-order valence-corrected chi connectivity index (χ0v) is 18.9. The van der Waals surface area contributed by atoms with Crippen LogP contribution in [0.3, 0.4) is 0 Å². The number of alkyl halides is 3. The number of hydrogen-bond acceptors (Lipinski definition) is 6. The summed E-state index contributed by atoms with van der Waals surface area (Å²) in [5.74, 6) is -0.0326. The minimum atomic E-state index is -4.45. The van der Waals surface area contributed by atoms with Gasteiger partial charge in [-0.25, -0.2) is 4.79 Å². The van der Waals surface area contributed by atoms with Crippen LogP contribution in [0.1, 0.15) is 38.2 Å². The van der Waals surface area contributed by atoms with Crippen LogP contribution < -0.4 is 16.0 Å². The van der Waals surface area contributed by atoms with Gasteiger partial charge in [0.05, 0.1) is 30.3 Å². The molecular formula is C22H29F3N6O3. The van der Waals surface area contributed by atoms with E-state index in [1.54, 1.807) is 6.92 Å². The number of ether oxygens (including phenoxy) is 1. The van der Waals surface area contributed by atoms with E-state index in [-0.39, 0.29) is 41.8 Å². The van der Waals surface area contributed by atoms with Crippen molar-refractivity contribution < 1.29 is 27.5 Å². The molecule has 1 aliphatic carbocycles. The largest absolute Gasteiger partial charge is 0.450 e. The maximum Gasteiger partial charge on any atom is 0.416 e. The molecule has 1 aliphatic heterocycles. The molecule has 0 spiro atoms. The first-order valence-electron chi connectivity index (χ1n) is 11.5. The number of amides is 2. The van der Waals surface area contributed by atoms with E-state index < -0.39 is 11.7 Å². The number of anilines is 1. The van der Waals surface area contributed by atoms with Crippen LogP contribution >= 0.6 is 0 Å². The Bertz CT molecular complexity index is 1010. The van der Waals surface area contributed by atoms with Gasteiger partial charge in [-0.3, -0.25) is 14.8 Å². The third-order valence-corrected chi connectivity index (χ3v) is 6.39. The summed E-state index contributed by atoms with van der Waals surface area (Å²) in [6.45, 7) is 3.56. The van der Waals surface area contributed by atoms with E-state index in [9.17, 15) is 22.8 Å². The van der Waals surface area contributed by atoms with Crippen LogP contribution in [0.25, 0.3) is 10.9 Å². The molecule has 1 aromatic heterocycles. The average Bonchev–Trinajstić information content (AvgIpc) is 3.17. The molecular weight excluding hydrogens is 453 g/mol. The Morgan fingerprint density at radius 1 is 1.15 bits per heavy atom. The Balaban J connectivity index is 1.18. The molecule has 2 aliphatic rings. The van der Waals surface area contributed by atoms with Crippen LogP contribution in [0.15, 0.2) is 18.2 Å². The number of likely N-dealkylation sites (tertiary alicyclic amines) is 1. The maximum atomic E-state index is 13.0. The number of nitrogens with one attached hydrogen (secondary N) is 4. The normalized spacial score (nSPS) is 21.6. The summed E-state index contributed by atoms with van der Waals surface area (Å²) in [5.41, 5.74) is -0.313. The molecule has 12 heteroatoms. The van der Waals surface area contributed by atoms with Crippen LogP contribution in [-0.4, -0.2) is 71.5 Å². The van der Waals surface area contributed by atoms with Crippen molar-refractivity contribution in [2.24, 2.45) is 0 Å². The number of benzene rings is 1. The predicted molar refractivity (Wildman–Crippen MR) is 119 cm³/mol. The van der Waals surface area contributed by atoms with Gasteiger partial charge in [-0.2, -0.15) is 18.3 Å². The Hall–Kier alpha value is -3.02. The molecule has 0 bridgehead atoms. The van der Waals surface area contributed by atoms with Gasteiger partial charge in [0, 0.05) is 30.6 Å².